The van der Waals surface area contributed by atoms with Crippen LogP contribution >= 0.6 is 0 Å². The molecule has 0 unspecified atom stereocenters. The first-order chi connectivity index (χ1) is 4.97. The highest BCUT2D eigenvalue weighted by Gasteiger charge is 2.39. The number of hydrogen-bond acceptors (Lipinski definition) is 3. The van der Waals surface area contributed by atoms with E-state index in [0.717, 1.165) is 0 Å². The Labute approximate surface area is 65.1 Å². The topological polar surface area (TPSA) is 38.7 Å². The lowest BCUT2D eigenvalue weighted by atomic mass is 10.1. The third kappa shape index (κ3) is 2.12. The Balaban J connectivity index is 2.48. The fourth-order valence-electron chi connectivity index (χ4n) is 0.781. The van der Waals surface area contributed by atoms with Gasteiger partial charge in [0.15, 0.2) is 11.5 Å². The molecule has 0 aromatic rings. The Morgan fingerprint density at radius 1 is 1.36 bits per heavy atom. The number of alkyl halides is 1. The number of rotatable bonds is 1. The summed E-state index contributed by atoms with van der Waals surface area (Å²) in [6, 6.07) is 0. The van der Waals surface area contributed by atoms with Crippen LogP contribution in [0.5, 0.6) is 0 Å². The molecule has 0 bridgehead atoms. The SMILES string of the molecule is CC1(C)OCC(F)(CO)CO1. The van der Waals surface area contributed by atoms with Gasteiger partial charge in [-0.15, -0.1) is 0 Å². The van der Waals surface area contributed by atoms with Crippen molar-refractivity contribution in [3.63, 3.8) is 0 Å². The van der Waals surface area contributed by atoms with Crippen molar-refractivity contribution in [3.05, 3.63) is 0 Å². The summed E-state index contributed by atoms with van der Waals surface area (Å²) in [6.07, 6.45) is 0. The van der Waals surface area contributed by atoms with Crippen LogP contribution in [0, 0.1) is 0 Å². The van der Waals surface area contributed by atoms with Crippen LogP contribution in [0.25, 0.3) is 0 Å². The van der Waals surface area contributed by atoms with E-state index in [-0.39, 0.29) is 13.2 Å². The maximum absolute atomic E-state index is 13.1. The van der Waals surface area contributed by atoms with Crippen LogP contribution in [0.2, 0.25) is 0 Å². The molecular formula is C7H13FO3. The Hall–Kier alpha value is -0.190. The van der Waals surface area contributed by atoms with Crippen molar-refractivity contribution in [1.82, 2.24) is 0 Å². The second-order valence-electron chi connectivity index (χ2n) is 3.29. The van der Waals surface area contributed by atoms with Crippen molar-refractivity contribution in [1.29, 1.82) is 0 Å². The van der Waals surface area contributed by atoms with Gasteiger partial charge in [0.05, 0.1) is 19.8 Å². The van der Waals surface area contributed by atoms with Crippen molar-refractivity contribution in [2.24, 2.45) is 0 Å². The lowest BCUT2D eigenvalue weighted by Gasteiger charge is -2.37. The normalized spacial score (nSPS) is 28.4. The fourth-order valence-corrected chi connectivity index (χ4v) is 0.781. The summed E-state index contributed by atoms with van der Waals surface area (Å²) in [7, 11) is 0. The molecule has 0 radical (unpaired) electrons. The highest BCUT2D eigenvalue weighted by atomic mass is 19.1. The first-order valence-corrected chi connectivity index (χ1v) is 3.55. The van der Waals surface area contributed by atoms with Crippen LogP contribution in [0.4, 0.5) is 4.39 Å². The summed E-state index contributed by atoms with van der Waals surface area (Å²) in [6.45, 7) is 2.67. The van der Waals surface area contributed by atoms with E-state index in [1.807, 2.05) is 0 Å². The number of halogens is 1. The maximum Gasteiger partial charge on any atom is 0.180 e. The third-order valence-electron chi connectivity index (χ3n) is 1.64. The second-order valence-corrected chi connectivity index (χ2v) is 3.29. The monoisotopic (exact) mass is 164 g/mol. The largest absolute Gasteiger partial charge is 0.393 e. The summed E-state index contributed by atoms with van der Waals surface area (Å²) < 4.78 is 23.2. The van der Waals surface area contributed by atoms with Crippen molar-refractivity contribution in [3.8, 4) is 0 Å². The standard InChI is InChI=1S/C7H13FO3/c1-6(2)10-4-7(8,3-9)5-11-6/h9H,3-5H2,1-2H3. The van der Waals surface area contributed by atoms with Gasteiger partial charge in [0, 0.05) is 0 Å². The van der Waals surface area contributed by atoms with Crippen molar-refractivity contribution in [2.75, 3.05) is 19.8 Å². The first kappa shape index (κ1) is 8.90. The van der Waals surface area contributed by atoms with Crippen LogP contribution in [0.3, 0.4) is 0 Å². The molecule has 11 heavy (non-hydrogen) atoms. The highest BCUT2D eigenvalue weighted by Crippen LogP contribution is 2.25. The fraction of sp³-hybridized carbons (Fsp3) is 1.00. The summed E-state index contributed by atoms with van der Waals surface area (Å²) in [5, 5.41) is 8.59. The Morgan fingerprint density at radius 3 is 2.18 bits per heavy atom. The molecule has 1 rings (SSSR count). The minimum Gasteiger partial charge on any atom is -0.393 e. The van der Waals surface area contributed by atoms with Crippen molar-refractivity contribution >= 4 is 0 Å². The average Bonchev–Trinajstić information content (AvgIpc) is 1.97. The zero-order chi connectivity index (χ0) is 8.54. The smallest absolute Gasteiger partial charge is 0.180 e. The minimum absolute atomic E-state index is 0.101. The van der Waals surface area contributed by atoms with E-state index in [4.69, 9.17) is 14.6 Å². The molecule has 0 atom stereocenters. The van der Waals surface area contributed by atoms with E-state index in [0.29, 0.717) is 0 Å². The maximum atomic E-state index is 13.1. The summed E-state index contributed by atoms with van der Waals surface area (Å²) in [4.78, 5) is 0. The molecule has 0 aliphatic carbocycles. The first-order valence-electron chi connectivity index (χ1n) is 3.55. The predicted molar refractivity (Wildman–Crippen MR) is 36.9 cm³/mol. The Kier molecular flexibility index (Phi) is 2.18. The van der Waals surface area contributed by atoms with E-state index in [2.05, 4.69) is 0 Å². The van der Waals surface area contributed by atoms with Gasteiger partial charge in [-0.25, -0.2) is 4.39 Å². The Morgan fingerprint density at radius 2 is 1.82 bits per heavy atom. The zero-order valence-electron chi connectivity index (χ0n) is 6.76. The number of aliphatic hydroxyl groups is 1. The summed E-state index contributed by atoms with van der Waals surface area (Å²) in [5.41, 5.74) is -1.71. The van der Waals surface area contributed by atoms with Crippen molar-refractivity contribution < 1.29 is 19.0 Å². The molecule has 0 amide bonds. The molecule has 0 aromatic carbocycles. The minimum atomic E-state index is -1.71. The van der Waals surface area contributed by atoms with Gasteiger partial charge in [0.2, 0.25) is 0 Å². The molecule has 1 heterocycles. The van der Waals surface area contributed by atoms with E-state index in [1.54, 1.807) is 13.8 Å². The van der Waals surface area contributed by atoms with Gasteiger partial charge in [-0.05, 0) is 13.8 Å². The number of aliphatic hydroxyl groups excluding tert-OH is 1. The molecule has 1 aliphatic heterocycles. The van der Waals surface area contributed by atoms with E-state index in [1.165, 1.54) is 0 Å². The molecule has 1 N–H and O–H groups in total. The molecule has 0 spiro atoms. The van der Waals surface area contributed by atoms with Crippen molar-refractivity contribution in [2.45, 2.75) is 25.3 Å². The van der Waals surface area contributed by atoms with Crippen LogP contribution in [0.15, 0.2) is 0 Å². The van der Waals surface area contributed by atoms with Crippen LogP contribution in [0.1, 0.15) is 13.8 Å². The average molecular weight is 164 g/mol. The Bertz CT molecular complexity index is 137. The molecule has 1 saturated heterocycles. The van der Waals surface area contributed by atoms with Crippen LogP contribution < -0.4 is 0 Å². The van der Waals surface area contributed by atoms with Gasteiger partial charge in [-0.2, -0.15) is 0 Å². The third-order valence-corrected chi connectivity index (χ3v) is 1.64. The summed E-state index contributed by atoms with van der Waals surface area (Å²) >= 11 is 0. The molecule has 1 aliphatic rings. The second kappa shape index (κ2) is 2.69. The van der Waals surface area contributed by atoms with Gasteiger partial charge < -0.3 is 14.6 Å². The predicted octanol–water partition coefficient (Wildman–Crippen LogP) is 0.470. The lowest BCUT2D eigenvalue weighted by Crippen LogP contribution is -2.50. The number of ether oxygens (including phenoxy) is 2. The molecule has 0 saturated carbocycles. The van der Waals surface area contributed by atoms with Gasteiger partial charge in [-0.1, -0.05) is 0 Å². The van der Waals surface area contributed by atoms with Gasteiger partial charge in [-0.3, -0.25) is 0 Å². The molecule has 3 nitrogen and oxygen atoms in total. The number of hydrogen-bond donors (Lipinski definition) is 1. The molecule has 66 valence electrons. The van der Waals surface area contributed by atoms with E-state index >= 15 is 0 Å². The van der Waals surface area contributed by atoms with Gasteiger partial charge in [0.1, 0.15) is 0 Å². The van der Waals surface area contributed by atoms with Crippen LogP contribution in [-0.4, -0.2) is 36.4 Å². The van der Waals surface area contributed by atoms with Crippen LogP contribution in [-0.2, 0) is 9.47 Å². The molecule has 1 fully saturated rings. The molecule has 0 aromatic heterocycles. The van der Waals surface area contributed by atoms with Gasteiger partial charge >= 0.3 is 0 Å². The van der Waals surface area contributed by atoms with E-state index in [9.17, 15) is 4.39 Å². The van der Waals surface area contributed by atoms with Gasteiger partial charge in [0.25, 0.3) is 0 Å². The summed E-state index contributed by atoms with van der Waals surface area (Å²) in [5.74, 6) is -0.717. The molecule has 4 heteroatoms. The van der Waals surface area contributed by atoms with E-state index < -0.39 is 18.1 Å². The highest BCUT2D eigenvalue weighted by molar-refractivity contribution is 4.82. The quantitative estimate of drug-likeness (QED) is 0.612. The zero-order valence-corrected chi connectivity index (χ0v) is 6.76. The molecular weight excluding hydrogens is 151 g/mol. The lowest BCUT2D eigenvalue weighted by molar-refractivity contribution is -0.291.